The van der Waals surface area contributed by atoms with Crippen LogP contribution in [0.25, 0.3) is 0 Å². The van der Waals surface area contributed by atoms with E-state index in [0.717, 1.165) is 6.92 Å². The highest BCUT2D eigenvalue weighted by Gasteiger charge is 2.64. The molecule has 4 heterocycles. The van der Waals surface area contributed by atoms with Crippen molar-refractivity contribution < 1.29 is 184 Å². The van der Waals surface area contributed by atoms with Crippen LogP contribution in [0.1, 0.15) is 26.2 Å². The molecule has 4 aliphatic heterocycles. The standard InChI is InChI=1S/C45H75N3O37/c1-13(57)46-25-14(58)4-45(42(76)77,85-38-30(68)20(8-52)78-39(33(38)71)79-34(19(63)7-51)28(66)17(61)5-49)84-36(25)31(69)21(9-53)81-44(41(74)75)3-16(60)27(48-24(65)12-56)37(83-44)32(70)22(10-54)80-43(40(72)73)2-15(59)26(47-23(64)11-55)35(82-43)29(67)18(62)6-50/h14-22,25-39,49-56,58-63,66-71H,2-12H2,1H3,(H,46,57)(H,47,64)(H,48,65)(H,72,73)(H,74,75)(H,76,77)/t14-,15-,16-,17-,18+,19+,20+,21+,22+,25+,26+,27+,28+,29+,30-,31+,32+,33+,34+,35+,36+,37+,38-,39-,43+,44+,45-/m0/s1. The molecule has 40 nitrogen and oxygen atoms in total. The van der Waals surface area contributed by atoms with Gasteiger partial charge in [-0.2, -0.15) is 0 Å². The zero-order chi connectivity index (χ0) is 64.4. The van der Waals surface area contributed by atoms with E-state index in [-0.39, 0.29) is 0 Å². The lowest BCUT2D eigenvalue weighted by Gasteiger charge is -2.51. The smallest absolute Gasteiger partial charge is 0.364 e. The molecular weight excluding hydrogens is 1170 g/mol. The maximum atomic E-state index is 13.5. The SMILES string of the molecule is CC(=O)N[C@H]1[C@H]([C@H](O)[C@@H](CO)O[C@]2(C(=O)O)C[C@H](O)[C@@H](NC(=O)CO)[C@H]([C@H](O)[C@@H](CO)O[C@]3(C(=O)O)C[C@H](O)[C@@H](NC(=O)CO)[C@H]([C@H](O)[C@H](O)CO)O3)O2)O[C@@](O[C@H]2[C@@H](O)[C@@H](CO)O[C@@H](O[C@@H]([C@H](O)[C@@H](O)CO)[C@H](O)CO)[C@@H]2O)(C(=O)O)C[C@@H]1O. The molecule has 4 saturated heterocycles. The quantitative estimate of drug-likeness (QED) is 0.0306. The number of aliphatic hydroxyl groups is 20. The Balaban J connectivity index is 1.80. The highest BCUT2D eigenvalue weighted by Crippen LogP contribution is 2.42. The third-order valence-electron chi connectivity index (χ3n) is 14.3. The summed E-state index contributed by atoms with van der Waals surface area (Å²) < 4.78 is 44.4. The van der Waals surface area contributed by atoms with Gasteiger partial charge in [0.15, 0.2) is 6.29 Å². The molecule has 40 heteroatoms. The van der Waals surface area contributed by atoms with Crippen molar-refractivity contribution in [1.82, 2.24) is 16.0 Å². The van der Waals surface area contributed by atoms with Crippen molar-refractivity contribution in [2.24, 2.45) is 0 Å². The van der Waals surface area contributed by atoms with Crippen LogP contribution in [0.5, 0.6) is 0 Å². The molecule has 26 N–H and O–H groups in total. The van der Waals surface area contributed by atoms with Gasteiger partial charge in [0.25, 0.3) is 17.4 Å². The molecule has 3 amide bonds. The Morgan fingerprint density at radius 2 is 0.906 bits per heavy atom. The van der Waals surface area contributed by atoms with Crippen LogP contribution in [0.2, 0.25) is 0 Å². The Kier molecular flexibility index (Phi) is 26.9. The molecular formula is C45H75N3O37. The van der Waals surface area contributed by atoms with E-state index in [1.165, 1.54) is 0 Å². The number of aliphatic carboxylic acids is 3. The van der Waals surface area contributed by atoms with Gasteiger partial charge in [-0.25, -0.2) is 14.4 Å². The summed E-state index contributed by atoms with van der Waals surface area (Å²) in [5.41, 5.74) is 0. The number of amides is 3. The van der Waals surface area contributed by atoms with Gasteiger partial charge in [-0.05, 0) is 0 Å². The fourth-order valence-corrected chi connectivity index (χ4v) is 9.94. The summed E-state index contributed by atoms with van der Waals surface area (Å²) in [5, 5.41) is 250. The van der Waals surface area contributed by atoms with Gasteiger partial charge in [-0.3, -0.25) is 14.4 Å². The van der Waals surface area contributed by atoms with Crippen molar-refractivity contribution >= 4 is 35.6 Å². The number of carbonyl (C=O) groups excluding carboxylic acids is 3. The highest BCUT2D eigenvalue weighted by molar-refractivity contribution is 5.79. The van der Waals surface area contributed by atoms with Crippen molar-refractivity contribution in [2.45, 2.75) is 190 Å². The van der Waals surface area contributed by atoms with E-state index in [9.17, 15) is 146 Å². The van der Waals surface area contributed by atoms with Crippen molar-refractivity contribution in [3.63, 3.8) is 0 Å². The molecule has 492 valence electrons. The first-order valence-corrected chi connectivity index (χ1v) is 25.7. The van der Waals surface area contributed by atoms with Gasteiger partial charge in [0.2, 0.25) is 17.7 Å². The molecule has 27 atom stereocenters. The van der Waals surface area contributed by atoms with E-state index in [0.29, 0.717) is 0 Å². The Morgan fingerprint density at radius 3 is 1.27 bits per heavy atom. The first kappa shape index (κ1) is 73.2. The molecule has 0 radical (unpaired) electrons. The summed E-state index contributed by atoms with van der Waals surface area (Å²) in [6.07, 6.45) is -54.9. The number of nitrogens with one attached hydrogen (secondary N) is 3. The second kappa shape index (κ2) is 31.2. The van der Waals surface area contributed by atoms with Gasteiger partial charge in [0.05, 0.1) is 76.1 Å². The van der Waals surface area contributed by atoms with Gasteiger partial charge < -0.3 is 171 Å². The number of rotatable bonds is 31. The molecule has 0 aromatic heterocycles. The lowest BCUT2D eigenvalue weighted by Crippen LogP contribution is -2.72. The van der Waals surface area contributed by atoms with Crippen LogP contribution in [0.15, 0.2) is 0 Å². The molecule has 0 unspecified atom stereocenters. The van der Waals surface area contributed by atoms with Crippen LogP contribution in [-0.4, -0.2) is 370 Å². The van der Waals surface area contributed by atoms with E-state index >= 15 is 0 Å². The topological polar surface area (TPSA) is 678 Å². The minimum atomic E-state index is -3.64. The van der Waals surface area contributed by atoms with Gasteiger partial charge in [0, 0.05) is 26.2 Å². The molecule has 0 aromatic carbocycles. The summed E-state index contributed by atoms with van der Waals surface area (Å²) in [4.78, 5) is 77.3. The molecule has 4 rings (SSSR count). The minimum absolute atomic E-state index is 0.824. The van der Waals surface area contributed by atoms with Gasteiger partial charge in [-0.15, -0.1) is 0 Å². The van der Waals surface area contributed by atoms with Crippen LogP contribution in [-0.2, 0) is 66.7 Å². The van der Waals surface area contributed by atoms with Crippen molar-refractivity contribution in [2.75, 3.05) is 52.9 Å². The maximum Gasteiger partial charge on any atom is 0.364 e. The van der Waals surface area contributed by atoms with Gasteiger partial charge in [0.1, 0.15) is 117 Å². The zero-order valence-corrected chi connectivity index (χ0v) is 44.6. The van der Waals surface area contributed by atoms with Crippen LogP contribution >= 0.6 is 0 Å². The minimum Gasteiger partial charge on any atom is -0.477 e. The lowest BCUT2D eigenvalue weighted by atomic mass is 9.86. The summed E-state index contributed by atoms with van der Waals surface area (Å²) in [6, 6.07) is -6.23. The second-order valence-electron chi connectivity index (χ2n) is 20.2. The summed E-state index contributed by atoms with van der Waals surface area (Å²) in [7, 11) is 0. The molecule has 0 saturated carbocycles. The van der Waals surface area contributed by atoms with Crippen LogP contribution in [0, 0.1) is 0 Å². The van der Waals surface area contributed by atoms with Crippen LogP contribution in [0.3, 0.4) is 0 Å². The zero-order valence-electron chi connectivity index (χ0n) is 44.6. The number of carbonyl (C=O) groups is 6. The van der Waals surface area contributed by atoms with Crippen molar-refractivity contribution in [3.05, 3.63) is 0 Å². The van der Waals surface area contributed by atoms with Crippen LogP contribution < -0.4 is 16.0 Å². The van der Waals surface area contributed by atoms with E-state index < -0.39 is 272 Å². The van der Waals surface area contributed by atoms with E-state index in [4.69, 9.17) is 37.9 Å². The number of aliphatic hydroxyl groups excluding tert-OH is 20. The second-order valence-corrected chi connectivity index (χ2v) is 20.2. The first-order valence-electron chi connectivity index (χ1n) is 25.7. The van der Waals surface area contributed by atoms with E-state index in [1.54, 1.807) is 0 Å². The molecule has 4 fully saturated rings. The largest absolute Gasteiger partial charge is 0.477 e. The first-order chi connectivity index (χ1) is 39.8. The summed E-state index contributed by atoms with van der Waals surface area (Å²) >= 11 is 0. The third-order valence-corrected chi connectivity index (χ3v) is 14.3. The highest BCUT2D eigenvalue weighted by atomic mass is 16.8. The Bertz CT molecular complexity index is 2210. The molecule has 0 spiro atoms. The fourth-order valence-electron chi connectivity index (χ4n) is 9.94. The predicted molar refractivity (Wildman–Crippen MR) is 258 cm³/mol. The van der Waals surface area contributed by atoms with Gasteiger partial charge in [-0.1, -0.05) is 0 Å². The average molecular weight is 1250 g/mol. The molecule has 85 heavy (non-hydrogen) atoms. The Morgan fingerprint density at radius 1 is 0.518 bits per heavy atom. The number of carboxylic acid groups (broad SMARTS) is 3. The van der Waals surface area contributed by atoms with Crippen molar-refractivity contribution in [1.29, 1.82) is 0 Å². The molecule has 0 aliphatic carbocycles. The van der Waals surface area contributed by atoms with E-state index in [2.05, 4.69) is 5.32 Å². The van der Waals surface area contributed by atoms with Crippen molar-refractivity contribution in [3.8, 4) is 0 Å². The van der Waals surface area contributed by atoms with Crippen LogP contribution in [0.4, 0.5) is 0 Å². The number of ether oxygens (including phenoxy) is 8. The fraction of sp³-hybridized carbons (Fsp3) is 0.867. The molecule has 0 aromatic rings. The summed E-state index contributed by atoms with van der Waals surface area (Å²) in [5.74, 6) is -21.3. The summed E-state index contributed by atoms with van der Waals surface area (Å²) in [6.45, 7) is -10.0. The third kappa shape index (κ3) is 16.5. The van der Waals surface area contributed by atoms with Gasteiger partial charge >= 0.3 is 17.9 Å². The Hall–Kier alpha value is -4.30. The molecule has 0 bridgehead atoms. The van der Waals surface area contributed by atoms with E-state index in [1.807, 2.05) is 10.6 Å². The monoisotopic (exact) mass is 1250 g/mol. The lowest BCUT2D eigenvalue weighted by molar-refractivity contribution is -0.381. The average Bonchev–Trinajstić information content (AvgIpc) is 1.58. The maximum absolute atomic E-state index is 13.5. The number of carboxylic acids is 3. The normalized spacial score (nSPS) is 37.1. The Labute approximate surface area is 478 Å². The number of hydrogen-bond donors (Lipinski definition) is 26. The molecule has 4 aliphatic rings. The number of hydrogen-bond acceptors (Lipinski definition) is 34. The predicted octanol–water partition coefficient (Wildman–Crippen LogP) is -16.3.